The number of β-amino-alcohol motifs (C(OH)–C–C–N with tert-alkyl or cyclic N) is 1. The Morgan fingerprint density at radius 2 is 2.23 bits per heavy atom. The molecule has 0 bridgehead atoms. The second-order valence-corrected chi connectivity index (χ2v) is 7.15. The number of H-pyrrole nitrogens is 1. The van der Waals surface area contributed by atoms with Gasteiger partial charge in [-0.1, -0.05) is 0 Å². The van der Waals surface area contributed by atoms with Crippen LogP contribution in [0.15, 0.2) is 18.6 Å². The van der Waals surface area contributed by atoms with Crippen molar-refractivity contribution in [1.29, 1.82) is 0 Å². The Bertz CT molecular complexity index is 743. The molecule has 0 aromatic carbocycles. The minimum Gasteiger partial charge on any atom is -0.386 e. The number of aromatic nitrogens is 4. The number of hydrogen-bond acceptors (Lipinski definition) is 6. The van der Waals surface area contributed by atoms with Crippen molar-refractivity contribution >= 4 is 11.7 Å². The summed E-state index contributed by atoms with van der Waals surface area (Å²) in [6, 6.07) is 0. The predicted molar refractivity (Wildman–Crippen MR) is 97.8 cm³/mol. The number of carbonyl (C=O) groups is 1. The maximum absolute atomic E-state index is 12.6. The van der Waals surface area contributed by atoms with E-state index in [9.17, 15) is 9.90 Å². The van der Waals surface area contributed by atoms with E-state index < -0.39 is 5.60 Å². The van der Waals surface area contributed by atoms with E-state index in [1.807, 2.05) is 18.7 Å². The van der Waals surface area contributed by atoms with Gasteiger partial charge in [-0.15, -0.1) is 0 Å². The smallest absolute Gasteiger partial charge is 0.226 e. The van der Waals surface area contributed by atoms with Crippen LogP contribution in [0, 0.1) is 13.8 Å². The normalized spacial score (nSPS) is 20.2. The number of amides is 1. The number of piperidine rings is 1. The molecule has 1 amide bonds. The van der Waals surface area contributed by atoms with Crippen LogP contribution in [-0.4, -0.2) is 68.4 Å². The molecule has 0 spiro atoms. The minimum absolute atomic E-state index is 0.0253. The van der Waals surface area contributed by atoms with Gasteiger partial charge >= 0.3 is 0 Å². The van der Waals surface area contributed by atoms with Crippen molar-refractivity contribution in [1.82, 2.24) is 25.1 Å². The van der Waals surface area contributed by atoms with Gasteiger partial charge in [-0.25, -0.2) is 4.98 Å². The zero-order chi connectivity index (χ0) is 18.7. The molecule has 0 aliphatic carbocycles. The van der Waals surface area contributed by atoms with E-state index >= 15 is 0 Å². The lowest BCUT2D eigenvalue weighted by atomic mass is 9.92. The maximum Gasteiger partial charge on any atom is 0.226 e. The number of hydrogen-bond donors (Lipinski definition) is 2. The molecular formula is C18H26N6O2. The van der Waals surface area contributed by atoms with Crippen LogP contribution in [-0.2, 0) is 11.2 Å². The number of aryl methyl sites for hydroxylation is 2. The first kappa shape index (κ1) is 18.3. The highest BCUT2D eigenvalue weighted by molar-refractivity contribution is 5.79. The SMILES string of the molecule is Cc1n[nH]c(C)c1CC(=O)N(C)C[C@]1(O)CCCN(c2cnccn2)C1. The Balaban J connectivity index is 1.64. The van der Waals surface area contributed by atoms with Gasteiger partial charge in [-0.2, -0.15) is 5.10 Å². The van der Waals surface area contributed by atoms with Crippen LogP contribution in [0.1, 0.15) is 29.8 Å². The van der Waals surface area contributed by atoms with Crippen LogP contribution >= 0.6 is 0 Å². The lowest BCUT2D eigenvalue weighted by Gasteiger charge is -2.41. The summed E-state index contributed by atoms with van der Waals surface area (Å²) in [5, 5.41) is 18.1. The highest BCUT2D eigenvalue weighted by Crippen LogP contribution is 2.25. The van der Waals surface area contributed by atoms with Crippen LogP contribution < -0.4 is 4.90 Å². The van der Waals surface area contributed by atoms with Gasteiger partial charge in [-0.3, -0.25) is 14.9 Å². The molecule has 1 fully saturated rings. The summed E-state index contributed by atoms with van der Waals surface area (Å²) >= 11 is 0. The first-order chi connectivity index (χ1) is 12.4. The van der Waals surface area contributed by atoms with Gasteiger partial charge in [0.1, 0.15) is 5.82 Å². The second kappa shape index (κ2) is 7.41. The molecule has 1 aliphatic rings. The van der Waals surface area contributed by atoms with E-state index in [1.165, 1.54) is 0 Å². The molecule has 1 aliphatic heterocycles. The highest BCUT2D eigenvalue weighted by Gasteiger charge is 2.36. The van der Waals surface area contributed by atoms with Crippen molar-refractivity contribution in [3.05, 3.63) is 35.5 Å². The minimum atomic E-state index is -0.958. The largest absolute Gasteiger partial charge is 0.386 e. The number of anilines is 1. The highest BCUT2D eigenvalue weighted by atomic mass is 16.3. The van der Waals surface area contributed by atoms with E-state index in [2.05, 4.69) is 20.2 Å². The molecule has 3 heterocycles. The standard InChI is InChI=1S/C18H26N6O2/c1-13-15(14(2)22-21-13)9-17(25)23(3)11-18(26)5-4-8-24(12-18)16-10-19-6-7-20-16/h6-7,10,26H,4-5,8-9,11-12H2,1-3H3,(H,21,22)/t18-/m1/s1. The molecule has 3 rings (SSSR count). The van der Waals surface area contributed by atoms with Gasteiger partial charge in [0.2, 0.25) is 5.91 Å². The average Bonchev–Trinajstić information content (AvgIpc) is 2.94. The third kappa shape index (κ3) is 4.01. The summed E-state index contributed by atoms with van der Waals surface area (Å²) in [6.07, 6.45) is 6.76. The quantitative estimate of drug-likeness (QED) is 0.822. The molecule has 1 atom stereocenters. The maximum atomic E-state index is 12.6. The number of nitrogens with zero attached hydrogens (tertiary/aromatic N) is 5. The van der Waals surface area contributed by atoms with Crippen molar-refractivity contribution in [2.75, 3.05) is 31.6 Å². The molecule has 2 N–H and O–H groups in total. The number of likely N-dealkylation sites (N-methyl/N-ethyl adjacent to an activating group) is 1. The summed E-state index contributed by atoms with van der Waals surface area (Å²) in [6.45, 7) is 5.35. The molecule has 8 heteroatoms. The van der Waals surface area contributed by atoms with Crippen molar-refractivity contribution in [2.24, 2.45) is 0 Å². The van der Waals surface area contributed by atoms with Crippen LogP contribution in [0.2, 0.25) is 0 Å². The van der Waals surface area contributed by atoms with E-state index in [0.717, 1.165) is 35.7 Å². The molecule has 8 nitrogen and oxygen atoms in total. The lowest BCUT2D eigenvalue weighted by Crippen LogP contribution is -2.55. The summed E-state index contributed by atoms with van der Waals surface area (Å²) in [5.41, 5.74) is 1.73. The zero-order valence-corrected chi connectivity index (χ0v) is 15.6. The van der Waals surface area contributed by atoms with Gasteiger partial charge in [0.05, 0.1) is 30.5 Å². The van der Waals surface area contributed by atoms with E-state index in [1.54, 1.807) is 30.5 Å². The van der Waals surface area contributed by atoms with Gasteiger partial charge in [0.15, 0.2) is 0 Å². The number of aromatic amines is 1. The van der Waals surface area contributed by atoms with Crippen molar-refractivity contribution < 1.29 is 9.90 Å². The van der Waals surface area contributed by atoms with Gasteiger partial charge in [0.25, 0.3) is 0 Å². The predicted octanol–water partition coefficient (Wildman–Crippen LogP) is 0.849. The van der Waals surface area contributed by atoms with Crippen LogP contribution in [0.4, 0.5) is 5.82 Å². The first-order valence-electron chi connectivity index (χ1n) is 8.86. The summed E-state index contributed by atoms with van der Waals surface area (Å²) < 4.78 is 0. The van der Waals surface area contributed by atoms with Gasteiger partial charge in [-0.05, 0) is 26.7 Å². The van der Waals surface area contributed by atoms with Crippen molar-refractivity contribution in [3.8, 4) is 0 Å². The Morgan fingerprint density at radius 3 is 2.88 bits per heavy atom. The third-order valence-corrected chi connectivity index (χ3v) is 4.99. The second-order valence-electron chi connectivity index (χ2n) is 7.15. The Morgan fingerprint density at radius 1 is 1.42 bits per heavy atom. The molecule has 0 unspecified atom stereocenters. The van der Waals surface area contributed by atoms with Crippen LogP contribution in [0.3, 0.4) is 0 Å². The number of aliphatic hydroxyl groups is 1. The summed E-state index contributed by atoms with van der Waals surface area (Å²) in [5.74, 6) is 0.729. The molecule has 1 saturated heterocycles. The lowest BCUT2D eigenvalue weighted by molar-refractivity contribution is -0.132. The average molecular weight is 358 g/mol. The Labute approximate surface area is 153 Å². The van der Waals surface area contributed by atoms with Crippen molar-refractivity contribution in [2.45, 2.75) is 38.7 Å². The fourth-order valence-corrected chi connectivity index (χ4v) is 3.54. The van der Waals surface area contributed by atoms with E-state index in [0.29, 0.717) is 19.5 Å². The Kier molecular flexibility index (Phi) is 5.22. The first-order valence-corrected chi connectivity index (χ1v) is 8.86. The number of rotatable bonds is 5. The fourth-order valence-electron chi connectivity index (χ4n) is 3.54. The van der Waals surface area contributed by atoms with E-state index in [-0.39, 0.29) is 12.3 Å². The van der Waals surface area contributed by atoms with Gasteiger partial charge < -0.3 is 14.9 Å². The van der Waals surface area contributed by atoms with Crippen LogP contribution in [0.25, 0.3) is 0 Å². The van der Waals surface area contributed by atoms with Crippen molar-refractivity contribution in [3.63, 3.8) is 0 Å². The summed E-state index contributed by atoms with van der Waals surface area (Å²) in [7, 11) is 1.74. The molecule has 0 radical (unpaired) electrons. The van der Waals surface area contributed by atoms with E-state index in [4.69, 9.17) is 0 Å². The van der Waals surface area contributed by atoms with Crippen LogP contribution in [0.5, 0.6) is 0 Å². The molecule has 26 heavy (non-hydrogen) atoms. The monoisotopic (exact) mass is 358 g/mol. The third-order valence-electron chi connectivity index (χ3n) is 4.99. The number of carbonyl (C=O) groups excluding carboxylic acids is 1. The van der Waals surface area contributed by atoms with Gasteiger partial charge in [0, 0.05) is 43.8 Å². The Hall–Kier alpha value is -2.48. The zero-order valence-electron chi connectivity index (χ0n) is 15.6. The molecular weight excluding hydrogens is 332 g/mol. The summed E-state index contributed by atoms with van der Waals surface area (Å²) in [4.78, 5) is 24.7. The molecule has 140 valence electrons. The molecule has 2 aromatic rings. The topological polar surface area (TPSA) is 98.2 Å². The molecule has 0 saturated carbocycles. The molecule has 2 aromatic heterocycles. The number of nitrogens with one attached hydrogen (secondary N) is 1. The fraction of sp³-hybridized carbons (Fsp3) is 0.556.